The summed E-state index contributed by atoms with van der Waals surface area (Å²) in [5.74, 6) is 0.799. The van der Waals surface area contributed by atoms with Crippen LogP contribution in [-0.4, -0.2) is 24.1 Å². The van der Waals surface area contributed by atoms with Crippen molar-refractivity contribution in [2.45, 2.75) is 19.4 Å². The number of hydrogen-bond donors (Lipinski definition) is 0. The predicted molar refractivity (Wildman–Crippen MR) is 94.2 cm³/mol. The maximum absolute atomic E-state index is 12.3. The third-order valence-electron chi connectivity index (χ3n) is 4.37. The second kappa shape index (κ2) is 7.18. The van der Waals surface area contributed by atoms with Gasteiger partial charge in [-0.3, -0.25) is 0 Å². The molecule has 0 aliphatic carbocycles. The Hall–Kier alpha value is -1.81. The molecule has 4 heteroatoms. The summed E-state index contributed by atoms with van der Waals surface area (Å²) in [4.78, 5) is 14.1. The Morgan fingerprint density at radius 2 is 1.83 bits per heavy atom. The van der Waals surface area contributed by atoms with Gasteiger partial charge in [0.15, 0.2) is 0 Å². The average Bonchev–Trinajstić information content (AvgIpc) is 2.96. The van der Waals surface area contributed by atoms with Crippen LogP contribution in [0.25, 0.3) is 0 Å². The molecule has 1 aliphatic heterocycles. The van der Waals surface area contributed by atoms with E-state index in [9.17, 15) is 4.79 Å². The summed E-state index contributed by atoms with van der Waals surface area (Å²) in [6.07, 6.45) is -0.222. The zero-order valence-electron chi connectivity index (χ0n) is 13.1. The number of carbonyl (C=O) groups is 1. The number of halogens is 1. The van der Waals surface area contributed by atoms with Crippen molar-refractivity contribution in [3.8, 4) is 0 Å². The van der Waals surface area contributed by atoms with E-state index < -0.39 is 0 Å². The number of hydrogen-bond acceptors (Lipinski definition) is 2. The molecule has 0 spiro atoms. The van der Waals surface area contributed by atoms with Crippen molar-refractivity contribution in [1.29, 1.82) is 0 Å². The minimum atomic E-state index is -0.222. The summed E-state index contributed by atoms with van der Waals surface area (Å²) in [7, 11) is 0. The number of carbonyl (C=O) groups excluding carboxylic acids is 1. The second-order valence-electron chi connectivity index (χ2n) is 6.08. The van der Waals surface area contributed by atoms with Gasteiger partial charge in [0.1, 0.15) is 6.61 Å². The summed E-state index contributed by atoms with van der Waals surface area (Å²) in [6.45, 7) is 3.98. The monoisotopic (exact) mass is 373 g/mol. The molecule has 2 aromatic rings. The van der Waals surface area contributed by atoms with Gasteiger partial charge >= 0.3 is 6.09 Å². The third-order valence-corrected chi connectivity index (χ3v) is 4.90. The fourth-order valence-electron chi connectivity index (χ4n) is 3.07. The van der Waals surface area contributed by atoms with E-state index in [2.05, 4.69) is 47.1 Å². The van der Waals surface area contributed by atoms with Crippen LogP contribution in [0.2, 0.25) is 0 Å². The largest absolute Gasteiger partial charge is 0.445 e. The lowest BCUT2D eigenvalue weighted by atomic mass is 9.90. The van der Waals surface area contributed by atoms with E-state index in [1.54, 1.807) is 0 Å². The van der Waals surface area contributed by atoms with Gasteiger partial charge in [0.25, 0.3) is 0 Å². The highest BCUT2D eigenvalue weighted by Gasteiger charge is 2.34. The Kier molecular flexibility index (Phi) is 5.01. The quantitative estimate of drug-likeness (QED) is 0.771. The second-order valence-corrected chi connectivity index (χ2v) is 7.00. The Morgan fingerprint density at radius 3 is 2.52 bits per heavy atom. The number of likely N-dealkylation sites (tertiary alicyclic amines) is 1. The van der Waals surface area contributed by atoms with E-state index in [1.165, 1.54) is 5.56 Å². The lowest BCUT2D eigenvalue weighted by Gasteiger charge is -2.16. The molecule has 0 N–H and O–H groups in total. The molecule has 2 atom stereocenters. The maximum atomic E-state index is 12.3. The topological polar surface area (TPSA) is 29.5 Å². The first kappa shape index (κ1) is 16.1. The SMILES string of the molecule is CC1CN(C(=O)OCc2ccccc2)CC1c1ccc(Br)cc1. The van der Waals surface area contributed by atoms with Gasteiger partial charge in [-0.05, 0) is 29.2 Å². The van der Waals surface area contributed by atoms with E-state index in [0.29, 0.717) is 18.4 Å². The van der Waals surface area contributed by atoms with E-state index >= 15 is 0 Å². The molecule has 1 fully saturated rings. The van der Waals surface area contributed by atoms with Gasteiger partial charge in [-0.2, -0.15) is 0 Å². The van der Waals surface area contributed by atoms with Crippen molar-refractivity contribution in [1.82, 2.24) is 4.90 Å². The summed E-state index contributed by atoms with van der Waals surface area (Å²) >= 11 is 3.46. The molecule has 1 amide bonds. The Labute approximate surface area is 145 Å². The van der Waals surface area contributed by atoms with Crippen molar-refractivity contribution in [3.05, 3.63) is 70.2 Å². The van der Waals surface area contributed by atoms with E-state index in [0.717, 1.165) is 23.1 Å². The molecular formula is C19H20BrNO2. The van der Waals surface area contributed by atoms with Crippen LogP contribution in [0.15, 0.2) is 59.1 Å². The summed E-state index contributed by atoms with van der Waals surface area (Å²) in [5, 5.41) is 0. The summed E-state index contributed by atoms with van der Waals surface area (Å²) in [5.41, 5.74) is 2.29. The number of benzene rings is 2. The summed E-state index contributed by atoms with van der Waals surface area (Å²) < 4.78 is 6.52. The van der Waals surface area contributed by atoms with Gasteiger partial charge in [0.05, 0.1) is 0 Å². The first-order valence-corrected chi connectivity index (χ1v) is 8.64. The fourth-order valence-corrected chi connectivity index (χ4v) is 3.33. The molecule has 1 heterocycles. The normalized spacial score (nSPS) is 20.5. The van der Waals surface area contributed by atoms with Crippen molar-refractivity contribution in [2.24, 2.45) is 5.92 Å². The van der Waals surface area contributed by atoms with Crippen LogP contribution >= 0.6 is 15.9 Å². The molecular weight excluding hydrogens is 354 g/mol. The van der Waals surface area contributed by atoms with Gasteiger partial charge in [-0.15, -0.1) is 0 Å². The third kappa shape index (κ3) is 3.94. The first-order chi connectivity index (χ1) is 11.1. The lowest BCUT2D eigenvalue weighted by Crippen LogP contribution is -2.29. The van der Waals surface area contributed by atoms with Crippen LogP contribution in [0, 0.1) is 5.92 Å². The van der Waals surface area contributed by atoms with Crippen LogP contribution in [-0.2, 0) is 11.3 Å². The Balaban J connectivity index is 1.59. The molecule has 0 saturated carbocycles. The van der Waals surface area contributed by atoms with Gasteiger partial charge in [0, 0.05) is 23.5 Å². The number of amides is 1. The van der Waals surface area contributed by atoms with Crippen LogP contribution in [0.5, 0.6) is 0 Å². The van der Waals surface area contributed by atoms with Crippen molar-refractivity contribution in [2.75, 3.05) is 13.1 Å². The van der Waals surface area contributed by atoms with Crippen molar-refractivity contribution >= 4 is 22.0 Å². The molecule has 1 saturated heterocycles. The number of rotatable bonds is 3. The highest BCUT2D eigenvalue weighted by Crippen LogP contribution is 2.33. The van der Waals surface area contributed by atoms with E-state index in [-0.39, 0.29) is 6.09 Å². The van der Waals surface area contributed by atoms with E-state index in [4.69, 9.17) is 4.74 Å². The standard InChI is InChI=1S/C19H20BrNO2/c1-14-11-21(12-18(14)16-7-9-17(20)10-8-16)19(22)23-13-15-5-3-2-4-6-15/h2-10,14,18H,11-13H2,1H3. The Morgan fingerprint density at radius 1 is 1.13 bits per heavy atom. The van der Waals surface area contributed by atoms with Gasteiger partial charge in [0.2, 0.25) is 0 Å². The summed E-state index contributed by atoms with van der Waals surface area (Å²) in [6, 6.07) is 18.1. The zero-order valence-corrected chi connectivity index (χ0v) is 14.7. The minimum Gasteiger partial charge on any atom is -0.445 e. The number of nitrogens with zero attached hydrogens (tertiary/aromatic N) is 1. The number of ether oxygens (including phenoxy) is 1. The van der Waals surface area contributed by atoms with Gasteiger partial charge < -0.3 is 9.64 Å². The van der Waals surface area contributed by atoms with Crippen molar-refractivity contribution < 1.29 is 9.53 Å². The molecule has 0 aromatic heterocycles. The predicted octanol–water partition coefficient (Wildman–Crippen LogP) is 4.82. The van der Waals surface area contributed by atoms with Gasteiger partial charge in [-0.25, -0.2) is 4.79 Å². The minimum absolute atomic E-state index is 0.222. The highest BCUT2D eigenvalue weighted by atomic mass is 79.9. The molecule has 3 rings (SSSR count). The van der Waals surface area contributed by atoms with Gasteiger partial charge in [-0.1, -0.05) is 65.3 Å². The first-order valence-electron chi connectivity index (χ1n) is 7.84. The van der Waals surface area contributed by atoms with E-state index in [1.807, 2.05) is 35.2 Å². The molecule has 2 unspecified atom stereocenters. The maximum Gasteiger partial charge on any atom is 0.410 e. The Bertz CT molecular complexity index is 657. The highest BCUT2D eigenvalue weighted by molar-refractivity contribution is 9.10. The van der Waals surface area contributed by atoms with Crippen LogP contribution in [0.4, 0.5) is 4.79 Å². The lowest BCUT2D eigenvalue weighted by molar-refractivity contribution is 0.103. The van der Waals surface area contributed by atoms with Crippen molar-refractivity contribution in [3.63, 3.8) is 0 Å². The molecule has 0 bridgehead atoms. The molecule has 1 aliphatic rings. The average molecular weight is 374 g/mol. The molecule has 0 radical (unpaired) electrons. The molecule has 120 valence electrons. The zero-order chi connectivity index (χ0) is 16.2. The molecule has 2 aromatic carbocycles. The van der Waals surface area contributed by atoms with Crippen LogP contribution in [0.1, 0.15) is 24.0 Å². The fraction of sp³-hybridized carbons (Fsp3) is 0.316. The van der Waals surface area contributed by atoms with Crippen LogP contribution in [0.3, 0.4) is 0 Å². The smallest absolute Gasteiger partial charge is 0.410 e. The molecule has 3 nitrogen and oxygen atoms in total. The van der Waals surface area contributed by atoms with Crippen LogP contribution < -0.4 is 0 Å². The molecule has 23 heavy (non-hydrogen) atoms.